The average molecular weight is 265 g/mol. The second-order valence-electron chi connectivity index (χ2n) is 4.67. The number of hydrogen-bond acceptors (Lipinski definition) is 1. The topological polar surface area (TPSA) is 12.9 Å². The molecule has 1 aromatic carbocycles. The first kappa shape index (κ1) is 13.6. The van der Waals surface area contributed by atoms with Crippen LogP contribution < -0.4 is 0 Å². The second kappa shape index (κ2) is 5.03. The molecular weight excluding hydrogens is 251 g/mol. The van der Waals surface area contributed by atoms with Crippen molar-refractivity contribution in [3.8, 4) is 11.3 Å². The van der Waals surface area contributed by atoms with E-state index in [9.17, 15) is 13.2 Å². The molecule has 0 spiro atoms. The molecule has 0 amide bonds. The fourth-order valence-electron chi connectivity index (χ4n) is 1.94. The first-order valence-electron chi connectivity index (χ1n) is 6.02. The van der Waals surface area contributed by atoms with Crippen LogP contribution >= 0.6 is 0 Å². The highest BCUT2D eigenvalue weighted by Crippen LogP contribution is 2.32. The SMILES string of the molecule is CC(C)c1cccnc1-c1ccc(C(F)(F)F)cc1. The monoisotopic (exact) mass is 265 g/mol. The Morgan fingerprint density at radius 1 is 1.00 bits per heavy atom. The van der Waals surface area contributed by atoms with E-state index < -0.39 is 11.7 Å². The van der Waals surface area contributed by atoms with Gasteiger partial charge < -0.3 is 0 Å². The van der Waals surface area contributed by atoms with Gasteiger partial charge in [0, 0.05) is 11.8 Å². The number of aromatic nitrogens is 1. The number of benzene rings is 1. The van der Waals surface area contributed by atoms with Crippen LogP contribution in [0.2, 0.25) is 0 Å². The molecular formula is C15H14F3N. The van der Waals surface area contributed by atoms with E-state index in [4.69, 9.17) is 0 Å². The first-order valence-corrected chi connectivity index (χ1v) is 6.02. The standard InChI is InChI=1S/C15H14F3N/c1-10(2)13-4-3-9-19-14(13)11-5-7-12(8-6-11)15(16,17)18/h3-10H,1-2H3. The highest BCUT2D eigenvalue weighted by Gasteiger charge is 2.30. The summed E-state index contributed by atoms with van der Waals surface area (Å²) >= 11 is 0. The molecule has 1 aromatic heterocycles. The normalized spacial score (nSPS) is 11.9. The van der Waals surface area contributed by atoms with Gasteiger partial charge in [-0.1, -0.05) is 32.0 Å². The van der Waals surface area contributed by atoms with Crippen LogP contribution in [0.15, 0.2) is 42.6 Å². The van der Waals surface area contributed by atoms with Gasteiger partial charge in [0.1, 0.15) is 0 Å². The Labute approximate surface area is 110 Å². The maximum Gasteiger partial charge on any atom is 0.416 e. The lowest BCUT2D eigenvalue weighted by Gasteiger charge is -2.12. The number of alkyl halides is 3. The molecule has 19 heavy (non-hydrogen) atoms. The summed E-state index contributed by atoms with van der Waals surface area (Å²) < 4.78 is 37.5. The molecule has 0 unspecified atom stereocenters. The Kier molecular flexibility index (Phi) is 3.60. The summed E-state index contributed by atoms with van der Waals surface area (Å²) in [6.45, 7) is 4.06. The van der Waals surface area contributed by atoms with E-state index >= 15 is 0 Å². The summed E-state index contributed by atoms with van der Waals surface area (Å²) in [5, 5.41) is 0. The van der Waals surface area contributed by atoms with Gasteiger partial charge in [-0.3, -0.25) is 4.98 Å². The van der Waals surface area contributed by atoms with Crippen molar-refractivity contribution in [1.29, 1.82) is 0 Å². The zero-order chi connectivity index (χ0) is 14.0. The van der Waals surface area contributed by atoms with Crippen LogP contribution in [-0.4, -0.2) is 4.98 Å². The minimum atomic E-state index is -4.30. The van der Waals surface area contributed by atoms with E-state index in [1.807, 2.05) is 26.0 Å². The summed E-state index contributed by atoms with van der Waals surface area (Å²) in [5.74, 6) is 0.269. The van der Waals surface area contributed by atoms with Crippen molar-refractivity contribution < 1.29 is 13.2 Å². The third-order valence-electron chi connectivity index (χ3n) is 2.95. The van der Waals surface area contributed by atoms with Gasteiger partial charge in [0.25, 0.3) is 0 Å². The second-order valence-corrected chi connectivity index (χ2v) is 4.67. The number of hydrogen-bond donors (Lipinski definition) is 0. The van der Waals surface area contributed by atoms with Crippen LogP contribution in [0, 0.1) is 0 Å². The molecule has 0 aliphatic carbocycles. The molecule has 4 heteroatoms. The van der Waals surface area contributed by atoms with Gasteiger partial charge in [-0.2, -0.15) is 13.2 Å². The first-order chi connectivity index (χ1) is 8.89. The molecule has 0 radical (unpaired) electrons. The Hall–Kier alpha value is -1.84. The molecule has 2 rings (SSSR count). The summed E-state index contributed by atoms with van der Waals surface area (Å²) in [5.41, 5.74) is 1.84. The van der Waals surface area contributed by atoms with Crippen LogP contribution in [0.25, 0.3) is 11.3 Å². The maximum absolute atomic E-state index is 12.5. The lowest BCUT2D eigenvalue weighted by Crippen LogP contribution is -2.04. The van der Waals surface area contributed by atoms with Crippen LogP contribution in [0.4, 0.5) is 13.2 Å². The fraction of sp³-hybridized carbons (Fsp3) is 0.267. The third kappa shape index (κ3) is 2.95. The van der Waals surface area contributed by atoms with E-state index in [1.54, 1.807) is 6.20 Å². The maximum atomic E-state index is 12.5. The number of pyridine rings is 1. The molecule has 1 nitrogen and oxygen atoms in total. The predicted octanol–water partition coefficient (Wildman–Crippen LogP) is 4.89. The molecule has 0 bridgehead atoms. The van der Waals surface area contributed by atoms with Crippen molar-refractivity contribution in [2.45, 2.75) is 25.9 Å². The molecule has 0 saturated heterocycles. The predicted molar refractivity (Wildman–Crippen MR) is 68.8 cm³/mol. The molecule has 0 fully saturated rings. The van der Waals surface area contributed by atoms with Crippen LogP contribution in [0.5, 0.6) is 0 Å². The minimum absolute atomic E-state index is 0.269. The zero-order valence-electron chi connectivity index (χ0n) is 10.7. The van der Waals surface area contributed by atoms with E-state index in [1.165, 1.54) is 12.1 Å². The molecule has 2 aromatic rings. The van der Waals surface area contributed by atoms with E-state index in [-0.39, 0.29) is 5.92 Å². The molecule has 0 atom stereocenters. The summed E-state index contributed by atoms with van der Waals surface area (Å²) in [6, 6.07) is 8.91. The zero-order valence-corrected chi connectivity index (χ0v) is 10.7. The van der Waals surface area contributed by atoms with Gasteiger partial charge in [0.05, 0.1) is 11.3 Å². The fourth-order valence-corrected chi connectivity index (χ4v) is 1.94. The van der Waals surface area contributed by atoms with Gasteiger partial charge in [-0.15, -0.1) is 0 Å². The Morgan fingerprint density at radius 3 is 2.16 bits per heavy atom. The average Bonchev–Trinajstić information content (AvgIpc) is 2.38. The van der Waals surface area contributed by atoms with Crippen LogP contribution in [0.1, 0.15) is 30.9 Å². The Bertz CT molecular complexity index is 556. The Balaban J connectivity index is 2.43. The van der Waals surface area contributed by atoms with Crippen molar-refractivity contribution in [3.05, 3.63) is 53.7 Å². The van der Waals surface area contributed by atoms with Gasteiger partial charge in [-0.05, 0) is 29.7 Å². The van der Waals surface area contributed by atoms with Crippen molar-refractivity contribution in [3.63, 3.8) is 0 Å². The minimum Gasteiger partial charge on any atom is -0.256 e. The largest absolute Gasteiger partial charge is 0.416 e. The lowest BCUT2D eigenvalue weighted by molar-refractivity contribution is -0.137. The lowest BCUT2D eigenvalue weighted by atomic mass is 9.97. The van der Waals surface area contributed by atoms with Crippen LogP contribution in [0.3, 0.4) is 0 Å². The van der Waals surface area contributed by atoms with Gasteiger partial charge >= 0.3 is 6.18 Å². The van der Waals surface area contributed by atoms with Crippen molar-refractivity contribution in [2.24, 2.45) is 0 Å². The summed E-state index contributed by atoms with van der Waals surface area (Å²) in [7, 11) is 0. The van der Waals surface area contributed by atoms with Crippen molar-refractivity contribution in [1.82, 2.24) is 4.98 Å². The Morgan fingerprint density at radius 2 is 1.63 bits per heavy atom. The molecule has 0 saturated carbocycles. The molecule has 0 aliphatic heterocycles. The summed E-state index contributed by atoms with van der Waals surface area (Å²) in [4.78, 5) is 4.28. The summed E-state index contributed by atoms with van der Waals surface area (Å²) in [6.07, 6.45) is -2.65. The quantitative estimate of drug-likeness (QED) is 0.753. The molecule has 100 valence electrons. The molecule has 0 N–H and O–H groups in total. The highest BCUT2D eigenvalue weighted by atomic mass is 19.4. The smallest absolute Gasteiger partial charge is 0.256 e. The van der Waals surface area contributed by atoms with E-state index in [0.717, 1.165) is 23.4 Å². The number of nitrogens with zero attached hydrogens (tertiary/aromatic N) is 1. The highest BCUT2D eigenvalue weighted by molar-refractivity contribution is 5.64. The molecule has 0 aliphatic rings. The van der Waals surface area contributed by atoms with E-state index in [0.29, 0.717) is 5.56 Å². The van der Waals surface area contributed by atoms with Crippen molar-refractivity contribution in [2.75, 3.05) is 0 Å². The number of rotatable bonds is 2. The van der Waals surface area contributed by atoms with E-state index in [2.05, 4.69) is 4.98 Å². The molecule has 1 heterocycles. The van der Waals surface area contributed by atoms with Gasteiger partial charge in [-0.25, -0.2) is 0 Å². The van der Waals surface area contributed by atoms with Gasteiger partial charge in [0.2, 0.25) is 0 Å². The number of halogens is 3. The third-order valence-corrected chi connectivity index (χ3v) is 2.95. The van der Waals surface area contributed by atoms with Gasteiger partial charge in [0.15, 0.2) is 0 Å². The van der Waals surface area contributed by atoms with Crippen LogP contribution in [-0.2, 0) is 6.18 Å². The van der Waals surface area contributed by atoms with Crippen molar-refractivity contribution >= 4 is 0 Å².